The van der Waals surface area contributed by atoms with Crippen molar-refractivity contribution >= 4 is 28.2 Å². The molecule has 90 valence electrons. The van der Waals surface area contributed by atoms with E-state index in [0.717, 1.165) is 6.54 Å². The minimum Gasteiger partial charge on any atom is -0.385 e. The molecule has 2 rings (SSSR count). The number of hydrogen-bond acceptors (Lipinski definition) is 2. The number of nitrogens with one attached hydrogen (secondary N) is 1. The summed E-state index contributed by atoms with van der Waals surface area (Å²) in [6.07, 6.45) is 1.23. The molecular formula is C15H19NS. The van der Waals surface area contributed by atoms with E-state index in [1.165, 1.54) is 34.4 Å². The Morgan fingerprint density at radius 1 is 1.06 bits per heavy atom. The average molecular weight is 245 g/mol. The van der Waals surface area contributed by atoms with Crippen molar-refractivity contribution in [3.8, 4) is 0 Å². The first-order chi connectivity index (χ1) is 8.40. The molecule has 0 aliphatic rings. The third kappa shape index (κ3) is 3.67. The molecule has 0 spiro atoms. The number of thioether (sulfide) groups is 1. The summed E-state index contributed by atoms with van der Waals surface area (Å²) < 4.78 is 0. The lowest BCUT2D eigenvalue weighted by Crippen LogP contribution is -2.02. The lowest BCUT2D eigenvalue weighted by Gasteiger charge is -2.07. The molecule has 0 atom stereocenters. The van der Waals surface area contributed by atoms with Gasteiger partial charge in [0, 0.05) is 12.2 Å². The first-order valence-electron chi connectivity index (χ1n) is 6.20. The van der Waals surface area contributed by atoms with Crippen molar-refractivity contribution in [1.82, 2.24) is 0 Å². The van der Waals surface area contributed by atoms with Crippen molar-refractivity contribution in [3.05, 3.63) is 42.5 Å². The SMILES string of the molecule is CCSCCCNc1ccc2ccccc2c1. The number of rotatable bonds is 6. The third-order valence-corrected chi connectivity index (χ3v) is 3.73. The second kappa shape index (κ2) is 6.55. The molecule has 0 amide bonds. The van der Waals surface area contributed by atoms with Gasteiger partial charge in [-0.1, -0.05) is 37.3 Å². The second-order valence-corrected chi connectivity index (χ2v) is 5.43. The van der Waals surface area contributed by atoms with Crippen LogP contribution in [0.2, 0.25) is 0 Å². The second-order valence-electron chi connectivity index (χ2n) is 4.04. The zero-order valence-electron chi connectivity index (χ0n) is 10.3. The maximum atomic E-state index is 3.48. The van der Waals surface area contributed by atoms with Crippen LogP contribution in [0.4, 0.5) is 5.69 Å². The standard InChI is InChI=1S/C15H19NS/c1-2-17-11-5-10-16-15-9-8-13-6-3-4-7-14(13)12-15/h3-4,6-9,12,16H,2,5,10-11H2,1H3. The fourth-order valence-electron chi connectivity index (χ4n) is 1.85. The van der Waals surface area contributed by atoms with Crippen molar-refractivity contribution in [3.63, 3.8) is 0 Å². The molecule has 17 heavy (non-hydrogen) atoms. The Morgan fingerprint density at radius 2 is 1.88 bits per heavy atom. The summed E-state index contributed by atoms with van der Waals surface area (Å²) in [6.45, 7) is 3.27. The molecule has 2 aromatic rings. The molecule has 2 heteroatoms. The van der Waals surface area contributed by atoms with Crippen LogP contribution in [0.15, 0.2) is 42.5 Å². The summed E-state index contributed by atoms with van der Waals surface area (Å²) >= 11 is 2.01. The largest absolute Gasteiger partial charge is 0.385 e. The van der Waals surface area contributed by atoms with Crippen LogP contribution in [0.25, 0.3) is 10.8 Å². The van der Waals surface area contributed by atoms with E-state index in [1.54, 1.807) is 0 Å². The zero-order valence-corrected chi connectivity index (χ0v) is 11.1. The van der Waals surface area contributed by atoms with Crippen LogP contribution in [0, 0.1) is 0 Å². The lowest BCUT2D eigenvalue weighted by atomic mass is 10.1. The average Bonchev–Trinajstić information content (AvgIpc) is 2.38. The van der Waals surface area contributed by atoms with E-state index in [0.29, 0.717) is 0 Å². The van der Waals surface area contributed by atoms with Gasteiger partial charge in [0.1, 0.15) is 0 Å². The summed E-state index contributed by atoms with van der Waals surface area (Å²) in [5.41, 5.74) is 1.23. The molecule has 0 heterocycles. The van der Waals surface area contributed by atoms with Gasteiger partial charge in [0.25, 0.3) is 0 Å². The Morgan fingerprint density at radius 3 is 2.71 bits per heavy atom. The van der Waals surface area contributed by atoms with Gasteiger partial charge >= 0.3 is 0 Å². The van der Waals surface area contributed by atoms with Gasteiger partial charge in [-0.15, -0.1) is 0 Å². The summed E-state index contributed by atoms with van der Waals surface area (Å²) in [7, 11) is 0. The minimum absolute atomic E-state index is 1.06. The van der Waals surface area contributed by atoms with E-state index in [4.69, 9.17) is 0 Å². The van der Waals surface area contributed by atoms with E-state index in [2.05, 4.69) is 54.7 Å². The van der Waals surface area contributed by atoms with E-state index < -0.39 is 0 Å². The van der Waals surface area contributed by atoms with Crippen LogP contribution in [0.1, 0.15) is 13.3 Å². The summed E-state index contributed by atoms with van der Waals surface area (Å²) in [5, 5.41) is 6.09. The summed E-state index contributed by atoms with van der Waals surface area (Å²) in [5.74, 6) is 2.47. The van der Waals surface area contributed by atoms with Crippen LogP contribution in [-0.4, -0.2) is 18.1 Å². The van der Waals surface area contributed by atoms with E-state index in [1.807, 2.05) is 11.8 Å². The number of anilines is 1. The lowest BCUT2D eigenvalue weighted by molar-refractivity contribution is 0.992. The molecule has 2 aromatic carbocycles. The minimum atomic E-state index is 1.06. The monoisotopic (exact) mass is 245 g/mol. The molecule has 0 radical (unpaired) electrons. The fraction of sp³-hybridized carbons (Fsp3) is 0.333. The van der Waals surface area contributed by atoms with Crippen molar-refractivity contribution in [2.24, 2.45) is 0 Å². The molecule has 0 aliphatic heterocycles. The highest BCUT2D eigenvalue weighted by Gasteiger charge is 1.95. The van der Waals surface area contributed by atoms with E-state index in [-0.39, 0.29) is 0 Å². The Kier molecular flexibility index (Phi) is 4.75. The third-order valence-electron chi connectivity index (χ3n) is 2.75. The van der Waals surface area contributed by atoms with Crippen LogP contribution >= 0.6 is 11.8 Å². The number of fused-ring (bicyclic) bond motifs is 1. The van der Waals surface area contributed by atoms with Gasteiger partial charge in [0.15, 0.2) is 0 Å². The van der Waals surface area contributed by atoms with Gasteiger partial charge in [-0.25, -0.2) is 0 Å². The quantitative estimate of drug-likeness (QED) is 0.757. The highest BCUT2D eigenvalue weighted by atomic mass is 32.2. The molecule has 0 unspecified atom stereocenters. The topological polar surface area (TPSA) is 12.0 Å². The Labute approximate surface area is 108 Å². The molecule has 0 bridgehead atoms. The van der Waals surface area contributed by atoms with Gasteiger partial charge < -0.3 is 5.32 Å². The molecule has 0 saturated carbocycles. The van der Waals surface area contributed by atoms with Gasteiger partial charge in [-0.2, -0.15) is 11.8 Å². The van der Waals surface area contributed by atoms with Gasteiger partial charge in [0.2, 0.25) is 0 Å². The Hall–Kier alpha value is -1.15. The first kappa shape index (κ1) is 12.3. The van der Waals surface area contributed by atoms with Crippen molar-refractivity contribution in [2.45, 2.75) is 13.3 Å². The zero-order chi connectivity index (χ0) is 11.9. The number of benzene rings is 2. The van der Waals surface area contributed by atoms with E-state index >= 15 is 0 Å². The van der Waals surface area contributed by atoms with Gasteiger partial charge in [0.05, 0.1) is 0 Å². The van der Waals surface area contributed by atoms with Crippen molar-refractivity contribution < 1.29 is 0 Å². The molecule has 0 aromatic heterocycles. The molecular weight excluding hydrogens is 226 g/mol. The maximum Gasteiger partial charge on any atom is 0.0346 e. The Bertz CT molecular complexity index is 467. The van der Waals surface area contributed by atoms with E-state index in [9.17, 15) is 0 Å². The molecule has 1 nitrogen and oxygen atoms in total. The van der Waals surface area contributed by atoms with Crippen LogP contribution in [0.5, 0.6) is 0 Å². The molecule has 0 aliphatic carbocycles. The predicted octanol–water partition coefficient (Wildman–Crippen LogP) is 4.39. The fourth-order valence-corrected chi connectivity index (χ4v) is 2.49. The van der Waals surface area contributed by atoms with Gasteiger partial charge in [-0.05, 0) is 40.8 Å². The van der Waals surface area contributed by atoms with Crippen molar-refractivity contribution in [2.75, 3.05) is 23.4 Å². The molecule has 1 N–H and O–H groups in total. The molecule has 0 fully saturated rings. The maximum absolute atomic E-state index is 3.48. The first-order valence-corrected chi connectivity index (χ1v) is 7.36. The normalized spacial score (nSPS) is 10.6. The van der Waals surface area contributed by atoms with Crippen LogP contribution in [0.3, 0.4) is 0 Å². The van der Waals surface area contributed by atoms with Crippen molar-refractivity contribution in [1.29, 1.82) is 0 Å². The predicted molar refractivity (Wildman–Crippen MR) is 80.1 cm³/mol. The van der Waals surface area contributed by atoms with Gasteiger partial charge in [-0.3, -0.25) is 0 Å². The number of hydrogen-bond donors (Lipinski definition) is 1. The Balaban J connectivity index is 1.90. The smallest absolute Gasteiger partial charge is 0.0346 e. The highest BCUT2D eigenvalue weighted by molar-refractivity contribution is 7.99. The summed E-state index contributed by atoms with van der Waals surface area (Å²) in [6, 6.07) is 15.0. The summed E-state index contributed by atoms with van der Waals surface area (Å²) in [4.78, 5) is 0. The van der Waals surface area contributed by atoms with Crippen LogP contribution < -0.4 is 5.32 Å². The molecule has 0 saturated heterocycles. The highest BCUT2D eigenvalue weighted by Crippen LogP contribution is 2.18. The van der Waals surface area contributed by atoms with Crippen LogP contribution in [-0.2, 0) is 0 Å².